The molecule has 1 aliphatic heterocycles. The lowest BCUT2D eigenvalue weighted by Crippen LogP contribution is -2.65. The van der Waals surface area contributed by atoms with Crippen LogP contribution in [0.1, 0.15) is 48.5 Å². The zero-order valence-electron chi connectivity index (χ0n) is 15.8. The van der Waals surface area contributed by atoms with E-state index in [4.69, 9.17) is 4.43 Å². The van der Waals surface area contributed by atoms with Crippen molar-refractivity contribution in [3.05, 3.63) is 17.9 Å². The van der Waals surface area contributed by atoms with Crippen molar-refractivity contribution < 1.29 is 9.22 Å². The van der Waals surface area contributed by atoms with Crippen LogP contribution in [0.4, 0.5) is 0 Å². The SMILES string of the molecule is C=C=C([C@H]1NC(=O)[C@@H]1[C@@H](C)O[Si](C)(C)C(C)(C)C)C(C)(C)C. The molecule has 0 aromatic heterocycles. The van der Waals surface area contributed by atoms with Gasteiger partial charge in [-0.2, -0.15) is 0 Å². The largest absolute Gasteiger partial charge is 0.413 e. The van der Waals surface area contributed by atoms with E-state index >= 15 is 0 Å². The number of carbonyl (C=O) groups excluding carboxylic acids is 1. The van der Waals surface area contributed by atoms with Gasteiger partial charge in [0.1, 0.15) is 0 Å². The first-order valence-electron chi connectivity index (χ1n) is 8.11. The minimum absolute atomic E-state index is 0.00947. The molecule has 1 fully saturated rings. The average Bonchev–Trinajstić information content (AvgIpc) is 2.23. The van der Waals surface area contributed by atoms with Gasteiger partial charge in [0.05, 0.1) is 18.1 Å². The molecule has 1 saturated heterocycles. The van der Waals surface area contributed by atoms with Crippen molar-refractivity contribution in [1.82, 2.24) is 5.32 Å². The summed E-state index contributed by atoms with van der Waals surface area (Å²) in [6, 6.07) is -0.00947. The monoisotopic (exact) mass is 323 g/mol. The van der Waals surface area contributed by atoms with Gasteiger partial charge >= 0.3 is 0 Å². The van der Waals surface area contributed by atoms with Crippen LogP contribution in [0, 0.1) is 11.3 Å². The Morgan fingerprint density at radius 2 is 1.77 bits per heavy atom. The predicted octanol–water partition coefficient (Wildman–Crippen LogP) is 4.27. The molecular weight excluding hydrogens is 290 g/mol. The Balaban J connectivity index is 2.95. The summed E-state index contributed by atoms with van der Waals surface area (Å²) in [5, 5.41) is 3.15. The molecule has 1 amide bonds. The zero-order valence-corrected chi connectivity index (χ0v) is 16.8. The van der Waals surface area contributed by atoms with Crippen molar-refractivity contribution in [3.63, 3.8) is 0 Å². The summed E-state index contributed by atoms with van der Waals surface area (Å²) in [7, 11) is -1.89. The van der Waals surface area contributed by atoms with Crippen LogP contribution in [0.2, 0.25) is 18.1 Å². The average molecular weight is 324 g/mol. The lowest BCUT2D eigenvalue weighted by atomic mass is 9.72. The van der Waals surface area contributed by atoms with Crippen LogP contribution in [-0.2, 0) is 9.22 Å². The third kappa shape index (κ3) is 3.73. The van der Waals surface area contributed by atoms with E-state index in [0.29, 0.717) is 0 Å². The zero-order chi connectivity index (χ0) is 17.5. The summed E-state index contributed by atoms with van der Waals surface area (Å²) in [5.74, 6) is -0.0641. The molecule has 1 rings (SSSR count). The molecule has 4 heteroatoms. The van der Waals surface area contributed by atoms with Gasteiger partial charge < -0.3 is 9.74 Å². The highest BCUT2D eigenvalue weighted by Gasteiger charge is 2.50. The highest BCUT2D eigenvalue weighted by molar-refractivity contribution is 6.74. The molecule has 0 radical (unpaired) electrons. The molecule has 3 nitrogen and oxygen atoms in total. The van der Waals surface area contributed by atoms with E-state index < -0.39 is 8.32 Å². The Kier molecular flexibility index (Phi) is 5.23. The molecule has 0 aliphatic carbocycles. The van der Waals surface area contributed by atoms with Crippen molar-refractivity contribution in [2.24, 2.45) is 11.3 Å². The Morgan fingerprint density at radius 3 is 2.09 bits per heavy atom. The van der Waals surface area contributed by atoms with E-state index in [9.17, 15) is 4.79 Å². The number of amides is 1. The number of carbonyl (C=O) groups is 1. The summed E-state index contributed by atoms with van der Waals surface area (Å²) >= 11 is 0. The molecule has 0 bridgehead atoms. The van der Waals surface area contributed by atoms with Gasteiger partial charge in [0.15, 0.2) is 8.32 Å². The van der Waals surface area contributed by atoms with E-state index in [0.717, 1.165) is 5.57 Å². The summed E-state index contributed by atoms with van der Waals surface area (Å²) < 4.78 is 6.43. The van der Waals surface area contributed by atoms with Crippen LogP contribution in [0.3, 0.4) is 0 Å². The van der Waals surface area contributed by atoms with E-state index in [2.05, 4.69) is 72.3 Å². The first kappa shape index (κ1) is 19.2. The lowest BCUT2D eigenvalue weighted by molar-refractivity contribution is -0.138. The Hall–Kier alpha value is -0.833. The fraction of sp³-hybridized carbons (Fsp3) is 0.778. The quantitative estimate of drug-likeness (QED) is 0.477. The van der Waals surface area contributed by atoms with Gasteiger partial charge in [-0.1, -0.05) is 48.1 Å². The molecular formula is C18H33NO2Si. The van der Waals surface area contributed by atoms with Crippen molar-refractivity contribution in [3.8, 4) is 0 Å². The van der Waals surface area contributed by atoms with Gasteiger partial charge in [0.2, 0.25) is 5.91 Å². The minimum Gasteiger partial charge on any atom is -0.413 e. The fourth-order valence-corrected chi connectivity index (χ4v) is 4.12. The molecule has 126 valence electrons. The maximum atomic E-state index is 12.1. The number of rotatable bonds is 4. The molecule has 0 saturated carbocycles. The van der Waals surface area contributed by atoms with Gasteiger partial charge in [-0.3, -0.25) is 4.79 Å². The highest BCUT2D eigenvalue weighted by Crippen LogP contribution is 2.41. The van der Waals surface area contributed by atoms with E-state index in [1.54, 1.807) is 0 Å². The second-order valence-electron chi connectivity index (χ2n) is 8.94. The second-order valence-corrected chi connectivity index (χ2v) is 13.7. The summed E-state index contributed by atoms with van der Waals surface area (Å²) in [5.41, 5.74) is 4.05. The number of hydrogen-bond donors (Lipinski definition) is 1. The van der Waals surface area contributed by atoms with Crippen LogP contribution < -0.4 is 5.32 Å². The molecule has 1 N–H and O–H groups in total. The summed E-state index contributed by atoms with van der Waals surface area (Å²) in [4.78, 5) is 12.1. The van der Waals surface area contributed by atoms with Crippen LogP contribution >= 0.6 is 0 Å². The van der Waals surface area contributed by atoms with Crippen LogP contribution in [-0.4, -0.2) is 26.4 Å². The van der Waals surface area contributed by atoms with Gasteiger partial charge in [-0.25, -0.2) is 0 Å². The van der Waals surface area contributed by atoms with E-state index in [-0.39, 0.29) is 34.4 Å². The third-order valence-corrected chi connectivity index (χ3v) is 9.63. The van der Waals surface area contributed by atoms with Crippen LogP contribution in [0.15, 0.2) is 17.9 Å². The molecule has 0 aromatic carbocycles. The Morgan fingerprint density at radius 1 is 1.27 bits per heavy atom. The van der Waals surface area contributed by atoms with Crippen LogP contribution in [0.25, 0.3) is 0 Å². The topological polar surface area (TPSA) is 38.3 Å². The van der Waals surface area contributed by atoms with Crippen LogP contribution in [0.5, 0.6) is 0 Å². The number of nitrogens with one attached hydrogen (secondary N) is 1. The normalized spacial score (nSPS) is 24.1. The minimum atomic E-state index is -1.89. The summed E-state index contributed by atoms with van der Waals surface area (Å²) in [6.45, 7) is 23.3. The fourth-order valence-electron chi connectivity index (χ4n) is 2.69. The van der Waals surface area contributed by atoms with Crippen molar-refractivity contribution in [1.29, 1.82) is 0 Å². The molecule has 22 heavy (non-hydrogen) atoms. The number of hydrogen-bond acceptors (Lipinski definition) is 2. The smallest absolute Gasteiger partial charge is 0.228 e. The van der Waals surface area contributed by atoms with Gasteiger partial charge in [-0.15, -0.1) is 5.73 Å². The molecule has 1 aliphatic rings. The van der Waals surface area contributed by atoms with E-state index in [1.807, 2.05) is 6.92 Å². The Bertz CT molecular complexity index is 490. The molecule has 3 atom stereocenters. The van der Waals surface area contributed by atoms with Crippen molar-refractivity contribution in [2.45, 2.75) is 78.7 Å². The van der Waals surface area contributed by atoms with Crippen molar-refractivity contribution in [2.75, 3.05) is 0 Å². The molecule has 0 unspecified atom stereocenters. The van der Waals surface area contributed by atoms with Crippen molar-refractivity contribution >= 4 is 14.2 Å². The first-order chi connectivity index (χ1) is 9.72. The molecule has 1 heterocycles. The maximum absolute atomic E-state index is 12.1. The first-order valence-corrected chi connectivity index (χ1v) is 11.0. The standard InChI is InChI=1S/C18H33NO2Si/c1-11-13(17(3,4)5)15-14(16(20)19-15)12(2)21-22(9,10)18(6,7)8/h12,14-15H,1H2,2-10H3,(H,19,20)/t12-,14-,15-/m1/s1. The number of β-lactam (4-membered cyclic amide) rings is 1. The highest BCUT2D eigenvalue weighted by atomic mass is 28.4. The Labute approximate surface area is 137 Å². The second kappa shape index (κ2) is 5.99. The van der Waals surface area contributed by atoms with Gasteiger partial charge in [0, 0.05) is 0 Å². The predicted molar refractivity (Wildman–Crippen MR) is 95.3 cm³/mol. The van der Waals surface area contributed by atoms with E-state index in [1.165, 1.54) is 0 Å². The lowest BCUT2D eigenvalue weighted by Gasteiger charge is -2.47. The summed E-state index contributed by atoms with van der Waals surface area (Å²) in [6.07, 6.45) is -0.0923. The van der Waals surface area contributed by atoms with Gasteiger partial charge in [-0.05, 0) is 36.0 Å². The molecule has 0 aromatic rings. The molecule has 0 spiro atoms. The third-order valence-electron chi connectivity index (χ3n) is 5.06. The van der Waals surface area contributed by atoms with Gasteiger partial charge in [0.25, 0.3) is 0 Å². The maximum Gasteiger partial charge on any atom is 0.228 e.